The molecule has 1 aliphatic rings. The lowest BCUT2D eigenvalue weighted by molar-refractivity contribution is -0.136. The zero-order valence-electron chi connectivity index (χ0n) is 13.3. The number of carbonyl (C=O) groups excluding carboxylic acids is 1. The first-order chi connectivity index (χ1) is 9.99. The molecule has 4 heteroatoms. The molecule has 0 saturated carbocycles. The van der Waals surface area contributed by atoms with E-state index in [0.717, 1.165) is 26.1 Å². The summed E-state index contributed by atoms with van der Waals surface area (Å²) in [4.78, 5) is 16.7. The third-order valence-corrected chi connectivity index (χ3v) is 4.09. The Labute approximate surface area is 127 Å². The summed E-state index contributed by atoms with van der Waals surface area (Å²) in [7, 11) is 0. The van der Waals surface area contributed by atoms with Crippen molar-refractivity contribution in [3.8, 4) is 0 Å². The average Bonchev–Trinajstić information content (AvgIpc) is 2.87. The molecule has 1 aromatic rings. The quantitative estimate of drug-likeness (QED) is 0.900. The SMILES string of the molecule is CC(C)N(C(=O)[C@H](C)N)C1CCN(Cc2ccccc2)C1. The molecule has 1 saturated heterocycles. The molecule has 0 bridgehead atoms. The number of carbonyl (C=O) groups is 1. The fourth-order valence-corrected chi connectivity index (χ4v) is 3.12. The topological polar surface area (TPSA) is 49.6 Å². The lowest BCUT2D eigenvalue weighted by Gasteiger charge is -2.34. The monoisotopic (exact) mass is 289 g/mol. The Morgan fingerprint density at radius 1 is 1.33 bits per heavy atom. The van der Waals surface area contributed by atoms with E-state index in [1.54, 1.807) is 6.92 Å². The molecule has 1 aliphatic heterocycles. The summed E-state index contributed by atoms with van der Waals surface area (Å²) in [5, 5.41) is 0. The lowest BCUT2D eigenvalue weighted by atomic mass is 10.1. The molecule has 1 amide bonds. The smallest absolute Gasteiger partial charge is 0.239 e. The molecule has 0 spiro atoms. The van der Waals surface area contributed by atoms with E-state index in [9.17, 15) is 4.79 Å². The maximum atomic E-state index is 12.3. The van der Waals surface area contributed by atoms with Crippen LogP contribution < -0.4 is 5.73 Å². The zero-order valence-corrected chi connectivity index (χ0v) is 13.3. The number of nitrogens with zero attached hydrogens (tertiary/aromatic N) is 2. The van der Waals surface area contributed by atoms with Crippen LogP contribution in [0.3, 0.4) is 0 Å². The highest BCUT2D eigenvalue weighted by atomic mass is 16.2. The molecule has 0 radical (unpaired) electrons. The second-order valence-electron chi connectivity index (χ2n) is 6.29. The highest BCUT2D eigenvalue weighted by Crippen LogP contribution is 2.20. The Bertz CT molecular complexity index is 458. The van der Waals surface area contributed by atoms with E-state index in [4.69, 9.17) is 5.73 Å². The molecule has 116 valence electrons. The van der Waals surface area contributed by atoms with Gasteiger partial charge in [-0.1, -0.05) is 30.3 Å². The first-order valence-corrected chi connectivity index (χ1v) is 7.83. The third kappa shape index (κ3) is 4.05. The molecule has 0 aromatic heterocycles. The van der Waals surface area contributed by atoms with Crippen molar-refractivity contribution < 1.29 is 4.79 Å². The number of hydrogen-bond donors (Lipinski definition) is 1. The maximum Gasteiger partial charge on any atom is 0.239 e. The summed E-state index contributed by atoms with van der Waals surface area (Å²) >= 11 is 0. The summed E-state index contributed by atoms with van der Waals surface area (Å²) in [5.74, 6) is 0.0663. The largest absolute Gasteiger partial charge is 0.335 e. The van der Waals surface area contributed by atoms with Crippen LogP contribution in [0.25, 0.3) is 0 Å². The summed E-state index contributed by atoms with van der Waals surface area (Å²) in [6.45, 7) is 8.84. The summed E-state index contributed by atoms with van der Waals surface area (Å²) < 4.78 is 0. The Hall–Kier alpha value is -1.39. The van der Waals surface area contributed by atoms with E-state index in [2.05, 4.69) is 43.0 Å². The van der Waals surface area contributed by atoms with Crippen molar-refractivity contribution in [3.63, 3.8) is 0 Å². The highest BCUT2D eigenvalue weighted by Gasteiger charge is 2.33. The van der Waals surface area contributed by atoms with Crippen LogP contribution in [0.15, 0.2) is 30.3 Å². The highest BCUT2D eigenvalue weighted by molar-refractivity contribution is 5.81. The third-order valence-electron chi connectivity index (χ3n) is 4.09. The van der Waals surface area contributed by atoms with Crippen LogP contribution in [0.2, 0.25) is 0 Å². The molecule has 1 aromatic carbocycles. The van der Waals surface area contributed by atoms with Crippen molar-refractivity contribution in [2.45, 2.75) is 51.9 Å². The Balaban J connectivity index is 1.98. The predicted octanol–water partition coefficient (Wildman–Crippen LogP) is 1.85. The van der Waals surface area contributed by atoms with Gasteiger partial charge in [0.1, 0.15) is 0 Å². The zero-order chi connectivity index (χ0) is 15.4. The number of amides is 1. The van der Waals surface area contributed by atoms with Gasteiger partial charge in [0.25, 0.3) is 0 Å². The van der Waals surface area contributed by atoms with Crippen molar-refractivity contribution in [1.29, 1.82) is 0 Å². The van der Waals surface area contributed by atoms with Gasteiger partial charge in [-0.25, -0.2) is 0 Å². The molecule has 1 fully saturated rings. The average molecular weight is 289 g/mol. The number of nitrogens with two attached hydrogens (primary N) is 1. The maximum absolute atomic E-state index is 12.3. The molecule has 1 unspecified atom stereocenters. The summed E-state index contributed by atoms with van der Waals surface area (Å²) in [5.41, 5.74) is 7.12. The van der Waals surface area contributed by atoms with E-state index in [1.165, 1.54) is 5.56 Å². The number of hydrogen-bond acceptors (Lipinski definition) is 3. The van der Waals surface area contributed by atoms with Gasteiger partial charge in [-0.15, -0.1) is 0 Å². The van der Waals surface area contributed by atoms with Gasteiger partial charge < -0.3 is 10.6 Å². The van der Waals surface area contributed by atoms with Gasteiger partial charge >= 0.3 is 0 Å². The number of rotatable bonds is 5. The van der Waals surface area contributed by atoms with E-state index < -0.39 is 6.04 Å². The normalized spacial score (nSPS) is 20.7. The summed E-state index contributed by atoms with van der Waals surface area (Å²) in [6, 6.07) is 10.6. The van der Waals surface area contributed by atoms with Crippen LogP contribution >= 0.6 is 0 Å². The number of likely N-dealkylation sites (tertiary alicyclic amines) is 1. The minimum atomic E-state index is -0.421. The predicted molar refractivity (Wildman–Crippen MR) is 85.8 cm³/mol. The van der Waals surface area contributed by atoms with Gasteiger partial charge in [-0.05, 0) is 32.8 Å². The van der Waals surface area contributed by atoms with Gasteiger partial charge in [0, 0.05) is 31.7 Å². The Morgan fingerprint density at radius 2 is 2.00 bits per heavy atom. The van der Waals surface area contributed by atoms with E-state index in [0.29, 0.717) is 0 Å². The molecule has 0 aliphatic carbocycles. The minimum absolute atomic E-state index is 0.0663. The van der Waals surface area contributed by atoms with Crippen LogP contribution in [0.5, 0.6) is 0 Å². The lowest BCUT2D eigenvalue weighted by Crippen LogP contribution is -2.51. The molecule has 2 rings (SSSR count). The molecular weight excluding hydrogens is 262 g/mol. The van der Waals surface area contributed by atoms with Crippen LogP contribution in [0.4, 0.5) is 0 Å². The van der Waals surface area contributed by atoms with Gasteiger partial charge in [-0.3, -0.25) is 9.69 Å². The fourth-order valence-electron chi connectivity index (χ4n) is 3.12. The van der Waals surface area contributed by atoms with Crippen LogP contribution in [0, 0.1) is 0 Å². The minimum Gasteiger partial charge on any atom is -0.335 e. The molecule has 1 heterocycles. The van der Waals surface area contributed by atoms with Crippen molar-refractivity contribution >= 4 is 5.91 Å². The second-order valence-corrected chi connectivity index (χ2v) is 6.29. The molecule has 4 nitrogen and oxygen atoms in total. The first-order valence-electron chi connectivity index (χ1n) is 7.83. The van der Waals surface area contributed by atoms with E-state index >= 15 is 0 Å². The molecule has 2 N–H and O–H groups in total. The Kier molecular flexibility index (Phi) is 5.37. The molecule has 2 atom stereocenters. The van der Waals surface area contributed by atoms with E-state index in [-0.39, 0.29) is 18.0 Å². The van der Waals surface area contributed by atoms with Gasteiger partial charge in [0.15, 0.2) is 0 Å². The van der Waals surface area contributed by atoms with Crippen molar-refractivity contribution in [1.82, 2.24) is 9.80 Å². The number of benzene rings is 1. The van der Waals surface area contributed by atoms with Gasteiger partial charge in [0.2, 0.25) is 5.91 Å². The molecular formula is C17H27N3O. The van der Waals surface area contributed by atoms with Gasteiger partial charge in [0.05, 0.1) is 6.04 Å². The fraction of sp³-hybridized carbons (Fsp3) is 0.588. The van der Waals surface area contributed by atoms with Crippen molar-refractivity contribution in [3.05, 3.63) is 35.9 Å². The van der Waals surface area contributed by atoms with Crippen LogP contribution in [-0.4, -0.2) is 46.9 Å². The van der Waals surface area contributed by atoms with E-state index in [1.807, 2.05) is 11.0 Å². The second kappa shape index (κ2) is 7.05. The van der Waals surface area contributed by atoms with Gasteiger partial charge in [-0.2, -0.15) is 0 Å². The molecule has 21 heavy (non-hydrogen) atoms. The van der Waals surface area contributed by atoms with Crippen molar-refractivity contribution in [2.24, 2.45) is 5.73 Å². The van der Waals surface area contributed by atoms with Crippen LogP contribution in [-0.2, 0) is 11.3 Å². The Morgan fingerprint density at radius 3 is 2.57 bits per heavy atom. The van der Waals surface area contributed by atoms with Crippen LogP contribution in [0.1, 0.15) is 32.8 Å². The first kappa shape index (κ1) is 16.0. The van der Waals surface area contributed by atoms with Crippen molar-refractivity contribution in [2.75, 3.05) is 13.1 Å². The standard InChI is InChI=1S/C17H27N3O/c1-13(2)20(17(21)14(3)18)16-9-10-19(12-16)11-15-7-5-4-6-8-15/h4-8,13-14,16H,9-12,18H2,1-3H3/t14-,16?/m0/s1. The summed E-state index contributed by atoms with van der Waals surface area (Å²) in [6.07, 6.45) is 1.03.